The Bertz CT molecular complexity index is 417. The van der Waals surface area contributed by atoms with Crippen LogP contribution in [0.5, 0.6) is 0 Å². The van der Waals surface area contributed by atoms with E-state index < -0.39 is 5.92 Å². The quantitative estimate of drug-likeness (QED) is 0.595. The molecule has 1 aromatic rings. The number of carbonyl (C=O) groups is 2. The van der Waals surface area contributed by atoms with Crippen molar-refractivity contribution in [2.24, 2.45) is 5.92 Å². The minimum Gasteiger partial charge on any atom is -0.469 e. The average molecular weight is 287 g/mol. The number of ketones is 1. The van der Waals surface area contributed by atoms with Crippen molar-refractivity contribution >= 4 is 35.1 Å². The van der Waals surface area contributed by atoms with Crippen LogP contribution in [0.2, 0.25) is 5.02 Å². The van der Waals surface area contributed by atoms with Crippen LogP contribution in [0, 0.1) is 5.92 Å². The van der Waals surface area contributed by atoms with Gasteiger partial charge in [-0.05, 0) is 30.5 Å². The largest absolute Gasteiger partial charge is 0.469 e. The maximum Gasteiger partial charge on any atom is 0.309 e. The first kappa shape index (κ1) is 15.1. The summed E-state index contributed by atoms with van der Waals surface area (Å²) in [7, 11) is 1.34. The van der Waals surface area contributed by atoms with Crippen molar-refractivity contribution in [1.29, 1.82) is 0 Å². The van der Waals surface area contributed by atoms with Gasteiger partial charge < -0.3 is 4.74 Å². The molecular weight excluding hydrogens is 272 g/mol. The second kappa shape index (κ2) is 7.44. The van der Waals surface area contributed by atoms with Crippen LogP contribution >= 0.6 is 23.4 Å². The molecule has 0 saturated carbocycles. The maximum absolute atomic E-state index is 12.0. The molecule has 0 aliphatic heterocycles. The van der Waals surface area contributed by atoms with Gasteiger partial charge in [0.05, 0.1) is 13.0 Å². The van der Waals surface area contributed by atoms with Gasteiger partial charge in [-0.2, -0.15) is 11.8 Å². The minimum atomic E-state index is -0.395. The highest BCUT2D eigenvalue weighted by Crippen LogP contribution is 2.17. The van der Waals surface area contributed by atoms with Crippen LogP contribution in [0.25, 0.3) is 0 Å². The molecule has 0 radical (unpaired) electrons. The normalized spacial score (nSPS) is 11.9. The summed E-state index contributed by atoms with van der Waals surface area (Å²) < 4.78 is 4.70. The SMILES string of the molecule is COC(=O)C(CSC)CC(=O)c1ccc(Cl)cc1. The summed E-state index contributed by atoms with van der Waals surface area (Å²) in [6.07, 6.45) is 2.05. The highest BCUT2D eigenvalue weighted by Gasteiger charge is 2.22. The number of halogens is 1. The van der Waals surface area contributed by atoms with Gasteiger partial charge >= 0.3 is 5.97 Å². The van der Waals surface area contributed by atoms with Crippen LogP contribution in [0.4, 0.5) is 0 Å². The summed E-state index contributed by atoms with van der Waals surface area (Å²) in [4.78, 5) is 23.5. The van der Waals surface area contributed by atoms with Crippen molar-refractivity contribution in [2.75, 3.05) is 19.1 Å². The van der Waals surface area contributed by atoms with Gasteiger partial charge in [-0.15, -0.1) is 0 Å². The first-order chi connectivity index (χ1) is 8.58. The van der Waals surface area contributed by atoms with Gasteiger partial charge in [0.15, 0.2) is 5.78 Å². The molecular formula is C13H15ClO3S. The van der Waals surface area contributed by atoms with E-state index in [0.29, 0.717) is 16.3 Å². The number of benzene rings is 1. The summed E-state index contributed by atoms with van der Waals surface area (Å²) >= 11 is 7.27. The monoisotopic (exact) mass is 286 g/mol. The molecule has 18 heavy (non-hydrogen) atoms. The third-order valence-electron chi connectivity index (χ3n) is 2.50. The molecule has 0 bridgehead atoms. The second-order valence-corrected chi connectivity index (χ2v) is 5.16. The zero-order valence-electron chi connectivity index (χ0n) is 10.3. The first-order valence-electron chi connectivity index (χ1n) is 5.44. The number of hydrogen-bond acceptors (Lipinski definition) is 4. The smallest absolute Gasteiger partial charge is 0.309 e. The average Bonchev–Trinajstić information content (AvgIpc) is 2.38. The van der Waals surface area contributed by atoms with Crippen LogP contribution in [0.3, 0.4) is 0 Å². The molecule has 0 spiro atoms. The number of Topliss-reactive ketones (excluding diaryl/α,β-unsaturated/α-hetero) is 1. The molecule has 1 aromatic carbocycles. The molecule has 0 heterocycles. The number of esters is 1. The van der Waals surface area contributed by atoms with Crippen LogP contribution < -0.4 is 0 Å². The molecule has 3 nitrogen and oxygen atoms in total. The fraction of sp³-hybridized carbons (Fsp3) is 0.385. The Morgan fingerprint density at radius 3 is 2.44 bits per heavy atom. The lowest BCUT2D eigenvalue weighted by atomic mass is 10.00. The van der Waals surface area contributed by atoms with E-state index in [4.69, 9.17) is 16.3 Å². The Balaban J connectivity index is 2.71. The zero-order chi connectivity index (χ0) is 13.5. The van der Waals surface area contributed by atoms with Gasteiger partial charge in [-0.25, -0.2) is 0 Å². The third-order valence-corrected chi connectivity index (χ3v) is 3.49. The zero-order valence-corrected chi connectivity index (χ0v) is 11.9. The third kappa shape index (κ3) is 4.35. The second-order valence-electron chi connectivity index (χ2n) is 3.81. The molecule has 1 atom stereocenters. The van der Waals surface area contributed by atoms with Gasteiger partial charge in [-0.3, -0.25) is 9.59 Å². The number of ether oxygens (including phenoxy) is 1. The Labute approximate surface area is 116 Å². The first-order valence-corrected chi connectivity index (χ1v) is 7.21. The van der Waals surface area contributed by atoms with E-state index in [1.54, 1.807) is 24.3 Å². The maximum atomic E-state index is 12.0. The molecule has 0 aromatic heterocycles. The van der Waals surface area contributed by atoms with E-state index in [2.05, 4.69) is 0 Å². The lowest BCUT2D eigenvalue weighted by molar-refractivity contribution is -0.144. The van der Waals surface area contributed by atoms with Gasteiger partial charge in [0.1, 0.15) is 0 Å². The molecule has 0 aliphatic carbocycles. The highest BCUT2D eigenvalue weighted by molar-refractivity contribution is 7.98. The van der Waals surface area contributed by atoms with Crippen LogP contribution in [0.1, 0.15) is 16.8 Å². The summed E-state index contributed by atoms with van der Waals surface area (Å²) in [5.74, 6) is -0.234. The van der Waals surface area contributed by atoms with Crippen molar-refractivity contribution in [1.82, 2.24) is 0 Å². The van der Waals surface area contributed by atoms with Gasteiger partial charge in [0.25, 0.3) is 0 Å². The molecule has 98 valence electrons. The van der Waals surface area contributed by atoms with E-state index in [9.17, 15) is 9.59 Å². The Morgan fingerprint density at radius 2 is 1.94 bits per heavy atom. The molecule has 0 saturated heterocycles. The van der Waals surface area contributed by atoms with E-state index in [-0.39, 0.29) is 18.2 Å². The highest BCUT2D eigenvalue weighted by atomic mass is 35.5. The number of hydrogen-bond donors (Lipinski definition) is 0. The predicted molar refractivity (Wildman–Crippen MR) is 74.3 cm³/mol. The van der Waals surface area contributed by atoms with Crippen LogP contribution in [-0.2, 0) is 9.53 Å². The predicted octanol–water partition coefficient (Wildman–Crippen LogP) is 3.07. The minimum absolute atomic E-state index is 0.0730. The van der Waals surface area contributed by atoms with E-state index in [1.165, 1.54) is 18.9 Å². The van der Waals surface area contributed by atoms with Gasteiger partial charge in [-0.1, -0.05) is 11.6 Å². The molecule has 0 amide bonds. The van der Waals surface area contributed by atoms with Crippen LogP contribution in [0.15, 0.2) is 24.3 Å². The van der Waals surface area contributed by atoms with E-state index in [1.807, 2.05) is 6.26 Å². The number of carbonyl (C=O) groups excluding carboxylic acids is 2. The number of rotatable bonds is 6. The van der Waals surface area contributed by atoms with E-state index in [0.717, 1.165) is 0 Å². The Morgan fingerprint density at radius 1 is 1.33 bits per heavy atom. The van der Waals surface area contributed by atoms with Crippen molar-refractivity contribution in [3.63, 3.8) is 0 Å². The molecule has 1 rings (SSSR count). The Hall–Kier alpha value is -1.00. The molecule has 0 aliphatic rings. The summed E-state index contributed by atoms with van der Waals surface area (Å²) in [6, 6.07) is 6.66. The Kier molecular flexibility index (Phi) is 6.22. The standard InChI is InChI=1S/C13H15ClO3S/c1-17-13(16)10(8-18-2)7-12(15)9-3-5-11(14)6-4-9/h3-6,10H,7-8H2,1-2H3. The topological polar surface area (TPSA) is 43.4 Å². The number of methoxy groups -OCH3 is 1. The lowest BCUT2D eigenvalue weighted by Gasteiger charge is -2.12. The molecule has 0 N–H and O–H groups in total. The summed E-state index contributed by atoms with van der Waals surface area (Å²) in [6.45, 7) is 0. The summed E-state index contributed by atoms with van der Waals surface area (Å²) in [5, 5.41) is 0.584. The molecule has 1 unspecified atom stereocenters. The van der Waals surface area contributed by atoms with Gasteiger partial charge in [0, 0.05) is 22.8 Å². The van der Waals surface area contributed by atoms with Gasteiger partial charge in [0.2, 0.25) is 0 Å². The van der Waals surface area contributed by atoms with Crippen molar-refractivity contribution in [3.05, 3.63) is 34.9 Å². The number of thioether (sulfide) groups is 1. The van der Waals surface area contributed by atoms with Crippen molar-refractivity contribution in [3.8, 4) is 0 Å². The fourth-order valence-corrected chi connectivity index (χ4v) is 2.34. The lowest BCUT2D eigenvalue weighted by Crippen LogP contribution is -2.22. The molecule has 0 fully saturated rings. The fourth-order valence-electron chi connectivity index (χ4n) is 1.56. The van der Waals surface area contributed by atoms with Crippen molar-refractivity contribution in [2.45, 2.75) is 6.42 Å². The van der Waals surface area contributed by atoms with Crippen molar-refractivity contribution < 1.29 is 14.3 Å². The van der Waals surface area contributed by atoms with Crippen LogP contribution in [-0.4, -0.2) is 30.9 Å². The van der Waals surface area contributed by atoms with E-state index >= 15 is 0 Å². The molecule has 5 heteroatoms. The summed E-state index contributed by atoms with van der Waals surface area (Å²) in [5.41, 5.74) is 0.564.